The van der Waals surface area contributed by atoms with Crippen LogP contribution in [0, 0.1) is 0 Å². The Morgan fingerprint density at radius 2 is 1.79 bits per heavy atom. The number of carbonyl (C=O) groups is 1. The Labute approximate surface area is 172 Å². The molecule has 5 heteroatoms. The molecule has 1 amide bonds. The van der Waals surface area contributed by atoms with Crippen molar-refractivity contribution in [2.45, 2.75) is 19.9 Å². The molecule has 0 spiro atoms. The van der Waals surface area contributed by atoms with Gasteiger partial charge in [-0.2, -0.15) is 0 Å². The monoisotopic (exact) mass is 389 g/mol. The van der Waals surface area contributed by atoms with E-state index in [1.165, 1.54) is 5.56 Å². The highest BCUT2D eigenvalue weighted by Crippen LogP contribution is 2.15. The van der Waals surface area contributed by atoms with Gasteiger partial charge in [0, 0.05) is 32.0 Å². The van der Waals surface area contributed by atoms with E-state index in [9.17, 15) is 4.79 Å². The number of hydrogen-bond acceptors (Lipinski definition) is 4. The molecular weight excluding hydrogens is 362 g/mol. The fourth-order valence-corrected chi connectivity index (χ4v) is 3.11. The van der Waals surface area contributed by atoms with Crippen molar-refractivity contribution in [3.8, 4) is 5.75 Å². The average Bonchev–Trinajstić information content (AvgIpc) is 2.78. The first kappa shape index (κ1) is 20.4. The summed E-state index contributed by atoms with van der Waals surface area (Å²) in [6.07, 6.45) is 4.25. The Hall–Kier alpha value is -3.34. The van der Waals surface area contributed by atoms with Crippen LogP contribution in [0.25, 0.3) is 0 Å². The highest BCUT2D eigenvalue weighted by atomic mass is 16.5. The summed E-state index contributed by atoms with van der Waals surface area (Å²) in [4.78, 5) is 19.0. The zero-order valence-corrected chi connectivity index (χ0v) is 17.0. The van der Waals surface area contributed by atoms with Crippen LogP contribution in [0.1, 0.15) is 28.4 Å². The summed E-state index contributed by atoms with van der Waals surface area (Å²) in [6, 6.07) is 19.9. The predicted molar refractivity (Wildman–Crippen MR) is 116 cm³/mol. The molecule has 2 aromatic carbocycles. The molecule has 3 rings (SSSR count). The number of nitrogens with one attached hydrogen (secondary N) is 1. The quantitative estimate of drug-likeness (QED) is 0.589. The van der Waals surface area contributed by atoms with E-state index in [4.69, 9.17) is 4.74 Å². The topological polar surface area (TPSA) is 54.5 Å². The van der Waals surface area contributed by atoms with Crippen LogP contribution in [0.2, 0.25) is 0 Å². The van der Waals surface area contributed by atoms with E-state index >= 15 is 0 Å². The van der Waals surface area contributed by atoms with Gasteiger partial charge in [0.2, 0.25) is 0 Å². The van der Waals surface area contributed by atoms with Gasteiger partial charge in [-0.1, -0.05) is 42.5 Å². The lowest BCUT2D eigenvalue weighted by atomic mass is 10.1. The molecule has 0 saturated heterocycles. The number of amides is 1. The van der Waals surface area contributed by atoms with Crippen molar-refractivity contribution < 1.29 is 9.53 Å². The molecule has 5 nitrogen and oxygen atoms in total. The number of pyridine rings is 1. The van der Waals surface area contributed by atoms with Gasteiger partial charge in [0.05, 0.1) is 18.4 Å². The predicted octanol–water partition coefficient (Wildman–Crippen LogP) is 4.41. The van der Waals surface area contributed by atoms with Crippen molar-refractivity contribution in [1.82, 2.24) is 9.88 Å². The lowest BCUT2D eigenvalue weighted by Crippen LogP contribution is -2.30. The normalized spacial score (nSPS) is 10.4. The smallest absolute Gasteiger partial charge is 0.255 e. The van der Waals surface area contributed by atoms with Gasteiger partial charge < -0.3 is 15.0 Å². The maximum atomic E-state index is 12.9. The Bertz CT molecular complexity index is 911. The zero-order valence-electron chi connectivity index (χ0n) is 17.0. The van der Waals surface area contributed by atoms with Gasteiger partial charge in [-0.15, -0.1) is 0 Å². The van der Waals surface area contributed by atoms with Crippen molar-refractivity contribution in [3.63, 3.8) is 0 Å². The van der Waals surface area contributed by atoms with E-state index in [0.29, 0.717) is 18.7 Å². The number of benzene rings is 2. The third-order valence-electron chi connectivity index (χ3n) is 4.77. The summed E-state index contributed by atoms with van der Waals surface area (Å²) in [5, 5.41) is 3.36. The fourth-order valence-electron chi connectivity index (χ4n) is 3.11. The molecule has 0 atom stereocenters. The molecule has 150 valence electrons. The minimum Gasteiger partial charge on any atom is -0.497 e. The number of rotatable bonds is 9. The van der Waals surface area contributed by atoms with Gasteiger partial charge in [0.15, 0.2) is 0 Å². The minimum atomic E-state index is -0.0114. The van der Waals surface area contributed by atoms with E-state index in [-0.39, 0.29) is 5.91 Å². The van der Waals surface area contributed by atoms with E-state index in [2.05, 4.69) is 22.4 Å². The standard InChI is InChI=1S/C24H27N3O2/c1-3-27(18-20-7-5-4-6-8-20)24(28)21-15-22(17-25-16-21)26-14-13-19-9-11-23(29-2)12-10-19/h4-12,15-17,26H,3,13-14,18H2,1-2H3. The minimum absolute atomic E-state index is 0.0114. The first-order chi connectivity index (χ1) is 14.2. The summed E-state index contributed by atoms with van der Waals surface area (Å²) >= 11 is 0. The Balaban J connectivity index is 1.59. The van der Waals surface area contributed by atoms with Gasteiger partial charge >= 0.3 is 0 Å². The molecule has 3 aromatic rings. The summed E-state index contributed by atoms with van der Waals surface area (Å²) in [6.45, 7) is 3.98. The number of methoxy groups -OCH3 is 1. The lowest BCUT2D eigenvalue weighted by molar-refractivity contribution is 0.0752. The second-order valence-electron chi connectivity index (χ2n) is 6.79. The molecule has 1 heterocycles. The highest BCUT2D eigenvalue weighted by molar-refractivity contribution is 5.94. The van der Waals surface area contributed by atoms with Crippen LogP contribution in [0.5, 0.6) is 5.75 Å². The number of aromatic nitrogens is 1. The van der Waals surface area contributed by atoms with Crippen molar-refractivity contribution in [1.29, 1.82) is 0 Å². The number of anilines is 1. The molecule has 0 bridgehead atoms. The van der Waals surface area contributed by atoms with E-state index in [0.717, 1.165) is 30.0 Å². The second kappa shape index (κ2) is 10.3. The highest BCUT2D eigenvalue weighted by Gasteiger charge is 2.15. The molecule has 29 heavy (non-hydrogen) atoms. The number of carbonyl (C=O) groups excluding carboxylic acids is 1. The van der Waals surface area contributed by atoms with Crippen LogP contribution < -0.4 is 10.1 Å². The third kappa shape index (κ3) is 5.82. The summed E-state index contributed by atoms with van der Waals surface area (Å²) in [7, 11) is 1.66. The van der Waals surface area contributed by atoms with Gasteiger partial charge in [-0.3, -0.25) is 9.78 Å². The van der Waals surface area contributed by atoms with Crippen molar-refractivity contribution >= 4 is 11.6 Å². The lowest BCUT2D eigenvalue weighted by Gasteiger charge is -2.21. The molecule has 0 aliphatic carbocycles. The molecule has 0 fully saturated rings. The van der Waals surface area contributed by atoms with Crippen LogP contribution in [0.4, 0.5) is 5.69 Å². The summed E-state index contributed by atoms with van der Waals surface area (Å²) < 4.78 is 5.18. The fraction of sp³-hybridized carbons (Fsp3) is 0.250. The molecular formula is C24H27N3O2. The molecule has 1 aromatic heterocycles. The van der Waals surface area contributed by atoms with Gasteiger partial charge in [0.1, 0.15) is 5.75 Å². The van der Waals surface area contributed by atoms with Crippen LogP contribution in [0.3, 0.4) is 0 Å². The Morgan fingerprint density at radius 1 is 1.03 bits per heavy atom. The molecule has 0 aliphatic heterocycles. The number of nitrogens with zero attached hydrogens (tertiary/aromatic N) is 2. The van der Waals surface area contributed by atoms with Gasteiger partial charge in [-0.25, -0.2) is 0 Å². The molecule has 0 saturated carbocycles. The van der Waals surface area contributed by atoms with Crippen molar-refractivity contribution in [2.75, 3.05) is 25.5 Å². The number of ether oxygens (including phenoxy) is 1. The van der Waals surface area contributed by atoms with Crippen LogP contribution in [-0.2, 0) is 13.0 Å². The molecule has 0 unspecified atom stereocenters. The zero-order chi connectivity index (χ0) is 20.5. The summed E-state index contributed by atoms with van der Waals surface area (Å²) in [5.74, 6) is 0.843. The van der Waals surface area contributed by atoms with Crippen LogP contribution >= 0.6 is 0 Å². The molecule has 0 aliphatic rings. The largest absolute Gasteiger partial charge is 0.497 e. The van der Waals surface area contributed by atoms with Gasteiger partial charge in [0.25, 0.3) is 5.91 Å². The van der Waals surface area contributed by atoms with E-state index < -0.39 is 0 Å². The van der Waals surface area contributed by atoms with Crippen molar-refractivity contribution in [3.05, 3.63) is 89.7 Å². The Kier molecular flexibility index (Phi) is 7.22. The van der Waals surface area contributed by atoms with Crippen LogP contribution in [0.15, 0.2) is 73.1 Å². The first-order valence-electron chi connectivity index (χ1n) is 9.84. The van der Waals surface area contributed by atoms with E-state index in [1.807, 2.05) is 60.4 Å². The molecule has 1 N–H and O–H groups in total. The second-order valence-corrected chi connectivity index (χ2v) is 6.79. The molecule has 0 radical (unpaired) electrons. The third-order valence-corrected chi connectivity index (χ3v) is 4.77. The first-order valence-corrected chi connectivity index (χ1v) is 9.84. The average molecular weight is 389 g/mol. The maximum absolute atomic E-state index is 12.9. The number of hydrogen-bond donors (Lipinski definition) is 1. The van der Waals surface area contributed by atoms with E-state index in [1.54, 1.807) is 19.5 Å². The van der Waals surface area contributed by atoms with Crippen LogP contribution in [-0.4, -0.2) is 36.0 Å². The van der Waals surface area contributed by atoms with Gasteiger partial charge in [-0.05, 0) is 42.7 Å². The summed E-state index contributed by atoms with van der Waals surface area (Å²) in [5.41, 5.74) is 3.78. The van der Waals surface area contributed by atoms with Crippen molar-refractivity contribution in [2.24, 2.45) is 0 Å². The maximum Gasteiger partial charge on any atom is 0.255 e. The SMILES string of the molecule is CCN(Cc1ccccc1)C(=O)c1cncc(NCCc2ccc(OC)cc2)c1. The Morgan fingerprint density at radius 3 is 2.48 bits per heavy atom.